The van der Waals surface area contributed by atoms with Crippen LogP contribution in [0, 0.1) is 0 Å². The summed E-state index contributed by atoms with van der Waals surface area (Å²) >= 11 is 4.19. The Balaban J connectivity index is 2.37. The van der Waals surface area contributed by atoms with Crippen molar-refractivity contribution in [1.82, 2.24) is 4.90 Å². The van der Waals surface area contributed by atoms with Crippen LogP contribution in [0.5, 0.6) is 5.75 Å². The maximum absolute atomic E-state index is 11.6. The summed E-state index contributed by atoms with van der Waals surface area (Å²) in [5, 5.41) is 8.97. The number of phenolic OH excluding ortho intramolecular Hbond substituents is 1. The zero-order valence-corrected chi connectivity index (χ0v) is 11.2. The molecule has 1 saturated heterocycles. The van der Waals surface area contributed by atoms with Gasteiger partial charge in [-0.25, -0.2) is 0 Å². The van der Waals surface area contributed by atoms with Gasteiger partial charge in [-0.15, -0.1) is 0 Å². The molecule has 1 aromatic rings. The van der Waals surface area contributed by atoms with Crippen LogP contribution in [0.2, 0.25) is 0 Å². The van der Waals surface area contributed by atoms with Crippen LogP contribution in [-0.2, 0) is 4.79 Å². The maximum Gasteiger partial charge on any atom is 0.293 e. The minimum atomic E-state index is -0.306. The molecule has 0 radical (unpaired) electrons. The van der Waals surface area contributed by atoms with Crippen LogP contribution in [0.4, 0.5) is 4.79 Å². The highest BCUT2D eigenvalue weighted by Gasteiger charge is 2.31. The summed E-state index contributed by atoms with van der Waals surface area (Å²) in [5.74, 6) is -0.169. The highest BCUT2D eigenvalue weighted by molar-refractivity contribution is 9.10. The van der Waals surface area contributed by atoms with Gasteiger partial charge >= 0.3 is 0 Å². The summed E-state index contributed by atoms with van der Waals surface area (Å²) in [6, 6.07) is 4.72. The van der Waals surface area contributed by atoms with Crippen LogP contribution >= 0.6 is 27.7 Å². The van der Waals surface area contributed by atoms with Crippen molar-refractivity contribution in [3.8, 4) is 5.75 Å². The molecule has 1 aromatic carbocycles. The smallest absolute Gasteiger partial charge is 0.293 e. The van der Waals surface area contributed by atoms with Gasteiger partial charge in [0.25, 0.3) is 11.1 Å². The number of likely N-dealkylation sites (N-methyl/N-ethyl adjacent to an activating group) is 1. The van der Waals surface area contributed by atoms with Crippen LogP contribution in [0.15, 0.2) is 27.6 Å². The molecular weight excluding hydrogens is 306 g/mol. The van der Waals surface area contributed by atoms with Gasteiger partial charge in [0.2, 0.25) is 0 Å². The molecule has 0 aliphatic carbocycles. The zero-order valence-electron chi connectivity index (χ0n) is 8.81. The average molecular weight is 314 g/mol. The van der Waals surface area contributed by atoms with Crippen molar-refractivity contribution in [1.29, 1.82) is 0 Å². The lowest BCUT2D eigenvalue weighted by Crippen LogP contribution is -2.22. The number of halogens is 1. The summed E-state index contributed by atoms with van der Waals surface area (Å²) in [4.78, 5) is 24.4. The fourth-order valence-electron chi connectivity index (χ4n) is 1.32. The molecule has 1 N–H and O–H groups in total. The summed E-state index contributed by atoms with van der Waals surface area (Å²) in [6.45, 7) is 0. The van der Waals surface area contributed by atoms with Crippen molar-refractivity contribution in [3.05, 3.63) is 33.1 Å². The fourth-order valence-corrected chi connectivity index (χ4v) is 2.62. The van der Waals surface area contributed by atoms with Gasteiger partial charge in [0.15, 0.2) is 0 Å². The molecule has 1 fully saturated rings. The fraction of sp³-hybridized carbons (Fsp3) is 0.0909. The highest BCUT2D eigenvalue weighted by Crippen LogP contribution is 2.33. The number of carbonyl (C=O) groups excluding carboxylic acids is 2. The van der Waals surface area contributed by atoms with Crippen LogP contribution in [0.1, 0.15) is 5.56 Å². The van der Waals surface area contributed by atoms with Crippen molar-refractivity contribution in [3.63, 3.8) is 0 Å². The van der Waals surface area contributed by atoms with Gasteiger partial charge in [0.05, 0.1) is 4.91 Å². The Morgan fingerprint density at radius 1 is 1.41 bits per heavy atom. The lowest BCUT2D eigenvalue weighted by Gasteiger charge is -2.02. The van der Waals surface area contributed by atoms with E-state index in [1.165, 1.54) is 19.2 Å². The molecule has 1 aliphatic heterocycles. The van der Waals surface area contributed by atoms with Gasteiger partial charge < -0.3 is 5.11 Å². The maximum atomic E-state index is 11.6. The van der Waals surface area contributed by atoms with Crippen LogP contribution in [0.3, 0.4) is 0 Å². The Hall–Kier alpha value is -1.27. The molecular formula is C11H8BrNO3S. The largest absolute Gasteiger partial charge is 0.508 e. The second-order valence-corrected chi connectivity index (χ2v) is 5.29. The average Bonchev–Trinajstić information content (AvgIpc) is 2.50. The Bertz CT molecular complexity index is 542. The Kier molecular flexibility index (Phi) is 3.26. The highest BCUT2D eigenvalue weighted by atomic mass is 79.9. The quantitative estimate of drug-likeness (QED) is 0.810. The third-order valence-corrected chi connectivity index (χ3v) is 3.90. The van der Waals surface area contributed by atoms with E-state index in [1.807, 2.05) is 0 Å². The van der Waals surface area contributed by atoms with Gasteiger partial charge in [-0.3, -0.25) is 14.5 Å². The SMILES string of the molecule is CN1C(=O)S/C(=C\c2ccc(O)cc2Br)C1=O. The number of hydrogen-bond donors (Lipinski definition) is 1. The number of aromatic hydroxyl groups is 1. The first-order valence-corrected chi connectivity index (χ1v) is 6.30. The van der Waals surface area contributed by atoms with E-state index in [1.54, 1.807) is 12.1 Å². The molecule has 6 heteroatoms. The molecule has 0 aromatic heterocycles. The van der Waals surface area contributed by atoms with Crippen LogP contribution in [-0.4, -0.2) is 28.2 Å². The van der Waals surface area contributed by atoms with Gasteiger partial charge in [-0.2, -0.15) is 0 Å². The van der Waals surface area contributed by atoms with E-state index in [9.17, 15) is 14.7 Å². The predicted molar refractivity (Wildman–Crippen MR) is 69.5 cm³/mol. The van der Waals surface area contributed by atoms with Crippen molar-refractivity contribution in [2.75, 3.05) is 7.05 Å². The minimum absolute atomic E-state index is 0.137. The molecule has 2 amide bonds. The minimum Gasteiger partial charge on any atom is -0.508 e. The van der Waals surface area contributed by atoms with Crippen molar-refractivity contribution in [2.24, 2.45) is 0 Å². The number of hydrogen-bond acceptors (Lipinski definition) is 4. The number of thioether (sulfide) groups is 1. The lowest BCUT2D eigenvalue weighted by atomic mass is 10.2. The summed E-state index contributed by atoms with van der Waals surface area (Å²) in [6.07, 6.45) is 1.62. The third-order valence-electron chi connectivity index (χ3n) is 2.26. The number of carbonyl (C=O) groups is 2. The summed E-state index contributed by atoms with van der Waals surface area (Å²) < 4.78 is 0.667. The van der Waals surface area contributed by atoms with Crippen molar-refractivity contribution in [2.45, 2.75) is 0 Å². The van der Waals surface area contributed by atoms with Crippen molar-refractivity contribution >= 4 is 44.9 Å². The van der Waals surface area contributed by atoms with E-state index < -0.39 is 0 Å². The number of phenols is 1. The first kappa shape index (κ1) is 12.2. The van der Waals surface area contributed by atoms with Gasteiger partial charge in [0, 0.05) is 11.5 Å². The number of nitrogens with zero attached hydrogens (tertiary/aromatic N) is 1. The zero-order chi connectivity index (χ0) is 12.6. The second kappa shape index (κ2) is 4.54. The summed E-state index contributed by atoms with van der Waals surface area (Å²) in [5.41, 5.74) is 0.738. The summed E-state index contributed by atoms with van der Waals surface area (Å²) in [7, 11) is 1.45. The molecule has 88 valence electrons. The molecule has 4 nitrogen and oxygen atoms in total. The third kappa shape index (κ3) is 2.37. The van der Waals surface area contributed by atoms with Gasteiger partial charge in [-0.05, 0) is 35.5 Å². The van der Waals surface area contributed by atoms with E-state index in [0.717, 1.165) is 22.2 Å². The van der Waals surface area contributed by atoms with Crippen LogP contribution < -0.4 is 0 Å². The first-order valence-electron chi connectivity index (χ1n) is 4.69. The monoisotopic (exact) mass is 313 g/mol. The van der Waals surface area contributed by atoms with E-state index in [4.69, 9.17) is 0 Å². The molecule has 0 unspecified atom stereocenters. The van der Waals surface area contributed by atoms with E-state index in [0.29, 0.717) is 9.38 Å². The molecule has 0 spiro atoms. The Labute approximate surface area is 110 Å². The second-order valence-electron chi connectivity index (χ2n) is 3.45. The standard InChI is InChI=1S/C11H8BrNO3S/c1-13-10(15)9(17-11(13)16)4-6-2-3-7(14)5-8(6)12/h2-5,14H,1H3/b9-4-. The number of imide groups is 1. The Morgan fingerprint density at radius 3 is 2.65 bits per heavy atom. The number of rotatable bonds is 1. The predicted octanol–water partition coefficient (Wildman–Crippen LogP) is 2.82. The van der Waals surface area contributed by atoms with E-state index in [2.05, 4.69) is 15.9 Å². The first-order chi connectivity index (χ1) is 7.99. The van der Waals surface area contributed by atoms with E-state index in [-0.39, 0.29) is 16.9 Å². The van der Waals surface area contributed by atoms with E-state index >= 15 is 0 Å². The normalized spacial score (nSPS) is 18.2. The van der Waals surface area contributed by atoms with Gasteiger partial charge in [0.1, 0.15) is 5.75 Å². The molecule has 17 heavy (non-hydrogen) atoms. The molecule has 0 atom stereocenters. The Morgan fingerprint density at radius 2 is 2.12 bits per heavy atom. The number of benzene rings is 1. The molecule has 0 saturated carbocycles. The lowest BCUT2D eigenvalue weighted by molar-refractivity contribution is -0.121. The molecule has 2 rings (SSSR count). The topological polar surface area (TPSA) is 57.6 Å². The van der Waals surface area contributed by atoms with Gasteiger partial charge in [-0.1, -0.05) is 22.0 Å². The molecule has 1 aliphatic rings. The van der Waals surface area contributed by atoms with Crippen molar-refractivity contribution < 1.29 is 14.7 Å². The molecule has 1 heterocycles. The molecule has 0 bridgehead atoms. The van der Waals surface area contributed by atoms with Crippen LogP contribution in [0.25, 0.3) is 6.08 Å². The number of amides is 2.